The van der Waals surface area contributed by atoms with Gasteiger partial charge in [-0.25, -0.2) is 0 Å². The average Bonchev–Trinajstić information content (AvgIpc) is 2.31. The summed E-state index contributed by atoms with van der Waals surface area (Å²) in [4.78, 5) is 0. The van der Waals surface area contributed by atoms with E-state index in [1.807, 2.05) is 0 Å². The minimum absolute atomic E-state index is 0.119. The van der Waals surface area contributed by atoms with Crippen molar-refractivity contribution in [3.8, 4) is 0 Å². The highest BCUT2D eigenvalue weighted by Crippen LogP contribution is 2.28. The van der Waals surface area contributed by atoms with Crippen LogP contribution in [0.5, 0.6) is 0 Å². The third-order valence-corrected chi connectivity index (χ3v) is 2.94. The van der Waals surface area contributed by atoms with Gasteiger partial charge in [-0.2, -0.15) is 0 Å². The van der Waals surface area contributed by atoms with Gasteiger partial charge in [-0.3, -0.25) is 0 Å². The monoisotopic (exact) mass is 283 g/mol. The predicted octanol–water partition coefficient (Wildman–Crippen LogP) is 1.80. The molecule has 1 aromatic rings. The van der Waals surface area contributed by atoms with Crippen molar-refractivity contribution in [3.63, 3.8) is 0 Å². The highest BCUT2D eigenvalue weighted by Gasteiger charge is 2.11. The van der Waals surface area contributed by atoms with Crippen LogP contribution in [0, 0.1) is 0 Å². The van der Waals surface area contributed by atoms with Gasteiger partial charge in [-0.05, 0) is 37.9 Å². The largest absolute Gasteiger partial charge is 0.451 e. The van der Waals surface area contributed by atoms with Gasteiger partial charge in [0.25, 0.3) is 0 Å². The Kier molecular flexibility index (Phi) is 3.12. The lowest BCUT2D eigenvalue weighted by Gasteiger charge is -2.01. The molecule has 62 valence electrons. The second-order valence-electron chi connectivity index (χ2n) is 2.06. The molecule has 3 nitrogen and oxygen atoms in total. The molecule has 0 aliphatic heterocycles. The molecule has 5 heteroatoms. The summed E-state index contributed by atoms with van der Waals surface area (Å²) in [6, 6.07) is 1.28. The van der Waals surface area contributed by atoms with Crippen LogP contribution in [0.25, 0.3) is 0 Å². The van der Waals surface area contributed by atoms with Crippen LogP contribution < -0.4 is 5.73 Å². The van der Waals surface area contributed by atoms with E-state index in [-0.39, 0.29) is 6.61 Å². The Balaban J connectivity index is 2.88. The van der Waals surface area contributed by atoms with Crippen LogP contribution in [-0.4, -0.2) is 11.7 Å². The van der Waals surface area contributed by atoms with Crippen molar-refractivity contribution >= 4 is 31.9 Å². The van der Waals surface area contributed by atoms with Crippen molar-refractivity contribution in [1.82, 2.24) is 0 Å². The molecule has 1 heterocycles. The second kappa shape index (κ2) is 3.71. The molecule has 0 saturated carbocycles. The number of nitrogens with two attached hydrogens (primary N) is 1. The molecular formula is C6H7Br2NO2. The van der Waals surface area contributed by atoms with Crippen LogP contribution in [0.4, 0.5) is 0 Å². The van der Waals surface area contributed by atoms with Crippen LogP contribution in [0.1, 0.15) is 11.8 Å². The zero-order valence-corrected chi connectivity index (χ0v) is 8.72. The van der Waals surface area contributed by atoms with E-state index >= 15 is 0 Å². The molecule has 0 bridgehead atoms. The zero-order chi connectivity index (χ0) is 8.43. The van der Waals surface area contributed by atoms with Crippen molar-refractivity contribution in [1.29, 1.82) is 0 Å². The molecule has 0 saturated heterocycles. The van der Waals surface area contributed by atoms with Gasteiger partial charge in [-0.1, -0.05) is 0 Å². The lowest BCUT2D eigenvalue weighted by atomic mass is 10.2. The number of furan rings is 1. The number of rotatable bonds is 2. The fourth-order valence-electron chi connectivity index (χ4n) is 0.636. The van der Waals surface area contributed by atoms with Crippen molar-refractivity contribution in [2.45, 2.75) is 6.04 Å². The summed E-state index contributed by atoms with van der Waals surface area (Å²) in [6.45, 7) is -0.119. The molecule has 1 aromatic heterocycles. The number of halogens is 2. The molecule has 0 aliphatic rings. The van der Waals surface area contributed by atoms with Gasteiger partial charge >= 0.3 is 0 Å². The zero-order valence-electron chi connectivity index (χ0n) is 5.55. The molecular weight excluding hydrogens is 278 g/mol. The Morgan fingerprint density at radius 1 is 1.64 bits per heavy atom. The number of hydrogen-bond acceptors (Lipinski definition) is 3. The Morgan fingerprint density at radius 2 is 2.27 bits per heavy atom. The predicted molar refractivity (Wildman–Crippen MR) is 48.1 cm³/mol. The van der Waals surface area contributed by atoms with E-state index in [9.17, 15) is 0 Å². The van der Waals surface area contributed by atoms with E-state index in [2.05, 4.69) is 31.9 Å². The number of aliphatic hydroxyl groups is 1. The van der Waals surface area contributed by atoms with Crippen molar-refractivity contribution in [3.05, 3.63) is 21.0 Å². The van der Waals surface area contributed by atoms with Crippen LogP contribution in [0.3, 0.4) is 0 Å². The summed E-state index contributed by atoms with van der Waals surface area (Å²) in [5.41, 5.74) is 5.49. The molecule has 3 N–H and O–H groups in total. The highest BCUT2D eigenvalue weighted by molar-refractivity contribution is 9.13. The van der Waals surface area contributed by atoms with E-state index in [1.54, 1.807) is 6.07 Å². The maximum atomic E-state index is 8.67. The minimum Gasteiger partial charge on any atom is -0.451 e. The Hall–Kier alpha value is 0.160. The molecule has 0 amide bonds. The summed E-state index contributed by atoms with van der Waals surface area (Å²) >= 11 is 6.40. The Morgan fingerprint density at radius 3 is 2.64 bits per heavy atom. The van der Waals surface area contributed by atoms with E-state index < -0.39 is 6.04 Å². The van der Waals surface area contributed by atoms with Crippen molar-refractivity contribution in [2.24, 2.45) is 5.73 Å². The first-order valence-corrected chi connectivity index (χ1v) is 4.55. The van der Waals surface area contributed by atoms with Gasteiger partial charge in [-0.15, -0.1) is 0 Å². The van der Waals surface area contributed by atoms with E-state index in [0.717, 1.165) is 4.47 Å². The second-order valence-corrected chi connectivity index (χ2v) is 3.63. The van der Waals surface area contributed by atoms with Crippen LogP contribution in [-0.2, 0) is 0 Å². The van der Waals surface area contributed by atoms with Crippen molar-refractivity contribution < 1.29 is 9.52 Å². The maximum absolute atomic E-state index is 8.67. The summed E-state index contributed by atoms with van der Waals surface area (Å²) in [5, 5.41) is 8.67. The van der Waals surface area contributed by atoms with Gasteiger partial charge in [0.15, 0.2) is 4.67 Å². The van der Waals surface area contributed by atoms with E-state index in [4.69, 9.17) is 15.3 Å². The first-order valence-electron chi connectivity index (χ1n) is 2.96. The molecule has 11 heavy (non-hydrogen) atoms. The van der Waals surface area contributed by atoms with Gasteiger partial charge in [0.1, 0.15) is 5.76 Å². The topological polar surface area (TPSA) is 59.4 Å². The standard InChI is InChI=1S/C6H7Br2NO2/c7-3-1-5(4(9)2-10)11-6(3)8/h1,4,10H,2,9H2. The van der Waals surface area contributed by atoms with Gasteiger partial charge in [0.05, 0.1) is 17.1 Å². The number of hydrogen-bond donors (Lipinski definition) is 2. The van der Waals surface area contributed by atoms with Crippen molar-refractivity contribution in [2.75, 3.05) is 6.61 Å². The fourth-order valence-corrected chi connectivity index (χ4v) is 1.24. The first kappa shape index (κ1) is 9.25. The van der Waals surface area contributed by atoms with Gasteiger partial charge in [0, 0.05) is 0 Å². The summed E-state index contributed by atoms with van der Waals surface area (Å²) in [5.74, 6) is 0.561. The lowest BCUT2D eigenvalue weighted by molar-refractivity contribution is 0.250. The minimum atomic E-state index is -0.447. The molecule has 0 aliphatic carbocycles. The quantitative estimate of drug-likeness (QED) is 0.871. The molecule has 0 aromatic carbocycles. The lowest BCUT2D eigenvalue weighted by Crippen LogP contribution is -2.13. The van der Waals surface area contributed by atoms with Crippen LogP contribution in [0.2, 0.25) is 0 Å². The molecule has 1 atom stereocenters. The van der Waals surface area contributed by atoms with E-state index in [1.165, 1.54) is 0 Å². The molecule has 0 spiro atoms. The number of aliphatic hydroxyl groups excluding tert-OH is 1. The average molecular weight is 285 g/mol. The first-order chi connectivity index (χ1) is 5.15. The third-order valence-electron chi connectivity index (χ3n) is 1.23. The Bertz CT molecular complexity index is 229. The maximum Gasteiger partial charge on any atom is 0.183 e. The molecule has 1 unspecified atom stereocenters. The van der Waals surface area contributed by atoms with Gasteiger partial charge < -0.3 is 15.3 Å². The van der Waals surface area contributed by atoms with E-state index in [0.29, 0.717) is 10.4 Å². The summed E-state index contributed by atoms with van der Waals surface area (Å²) in [6.07, 6.45) is 0. The fraction of sp³-hybridized carbons (Fsp3) is 0.333. The molecule has 0 radical (unpaired) electrons. The smallest absolute Gasteiger partial charge is 0.183 e. The Labute approximate surface area is 80.8 Å². The molecule has 1 rings (SSSR count). The normalized spacial score (nSPS) is 13.5. The summed E-state index contributed by atoms with van der Waals surface area (Å²) in [7, 11) is 0. The SMILES string of the molecule is NC(CO)c1cc(Br)c(Br)o1. The van der Waals surface area contributed by atoms with Crippen LogP contribution >= 0.6 is 31.9 Å². The van der Waals surface area contributed by atoms with Gasteiger partial charge in [0.2, 0.25) is 0 Å². The third kappa shape index (κ3) is 2.05. The summed E-state index contributed by atoms with van der Waals surface area (Å²) < 4.78 is 6.55. The highest BCUT2D eigenvalue weighted by atomic mass is 79.9. The molecule has 0 fully saturated rings. The van der Waals surface area contributed by atoms with Crippen LogP contribution in [0.15, 0.2) is 19.6 Å².